The molecule has 2 aromatic rings. The van der Waals surface area contributed by atoms with E-state index in [0.29, 0.717) is 5.65 Å². The first-order valence-corrected chi connectivity index (χ1v) is 5.06. The molecule has 0 amide bonds. The highest BCUT2D eigenvalue weighted by Gasteiger charge is 2.18. The fourth-order valence-corrected chi connectivity index (χ4v) is 1.91. The summed E-state index contributed by atoms with van der Waals surface area (Å²) in [6.45, 7) is 3.93. The SMILES string of the molecule is CC(C)c1c(C(=O)O)cnc2c1cnn2C. The van der Waals surface area contributed by atoms with E-state index in [4.69, 9.17) is 5.11 Å². The lowest BCUT2D eigenvalue weighted by Gasteiger charge is -2.10. The normalized spacial score (nSPS) is 11.2. The number of aromatic nitrogens is 3. The maximum absolute atomic E-state index is 11.1. The van der Waals surface area contributed by atoms with E-state index in [9.17, 15) is 4.79 Å². The molecule has 0 saturated carbocycles. The first kappa shape index (κ1) is 10.6. The summed E-state index contributed by atoms with van der Waals surface area (Å²) in [7, 11) is 1.79. The van der Waals surface area contributed by atoms with Gasteiger partial charge in [-0.2, -0.15) is 5.10 Å². The third-order valence-electron chi connectivity index (χ3n) is 2.61. The molecule has 0 aliphatic carbocycles. The van der Waals surface area contributed by atoms with Crippen LogP contribution < -0.4 is 0 Å². The van der Waals surface area contributed by atoms with E-state index in [0.717, 1.165) is 10.9 Å². The number of carboxylic acids is 1. The Hall–Kier alpha value is -1.91. The number of hydrogen-bond acceptors (Lipinski definition) is 3. The fraction of sp³-hybridized carbons (Fsp3) is 0.364. The average molecular weight is 219 g/mol. The Labute approximate surface area is 92.7 Å². The molecule has 0 aromatic carbocycles. The van der Waals surface area contributed by atoms with E-state index in [-0.39, 0.29) is 11.5 Å². The zero-order valence-electron chi connectivity index (χ0n) is 9.43. The summed E-state index contributed by atoms with van der Waals surface area (Å²) in [6.07, 6.45) is 3.08. The van der Waals surface area contributed by atoms with Gasteiger partial charge in [-0.3, -0.25) is 4.68 Å². The van der Waals surface area contributed by atoms with Crippen molar-refractivity contribution in [2.24, 2.45) is 7.05 Å². The third-order valence-corrected chi connectivity index (χ3v) is 2.61. The van der Waals surface area contributed by atoms with Gasteiger partial charge >= 0.3 is 5.97 Å². The van der Waals surface area contributed by atoms with Crippen LogP contribution in [0.2, 0.25) is 0 Å². The number of fused-ring (bicyclic) bond motifs is 1. The van der Waals surface area contributed by atoms with Gasteiger partial charge in [0.15, 0.2) is 5.65 Å². The second-order valence-corrected chi connectivity index (χ2v) is 4.05. The summed E-state index contributed by atoms with van der Waals surface area (Å²) >= 11 is 0. The Kier molecular flexibility index (Phi) is 2.38. The predicted molar refractivity (Wildman–Crippen MR) is 59.6 cm³/mol. The highest BCUT2D eigenvalue weighted by atomic mass is 16.4. The van der Waals surface area contributed by atoms with Crippen molar-refractivity contribution in [1.82, 2.24) is 14.8 Å². The number of hydrogen-bond donors (Lipinski definition) is 1. The molecule has 0 aliphatic heterocycles. The zero-order valence-corrected chi connectivity index (χ0v) is 9.43. The van der Waals surface area contributed by atoms with Crippen LogP contribution in [0.25, 0.3) is 11.0 Å². The lowest BCUT2D eigenvalue weighted by atomic mass is 9.96. The van der Waals surface area contributed by atoms with Gasteiger partial charge in [-0.15, -0.1) is 0 Å². The Morgan fingerprint density at radius 1 is 1.44 bits per heavy atom. The minimum Gasteiger partial charge on any atom is -0.478 e. The molecule has 16 heavy (non-hydrogen) atoms. The van der Waals surface area contributed by atoms with Crippen molar-refractivity contribution in [3.8, 4) is 0 Å². The molecule has 0 radical (unpaired) electrons. The van der Waals surface area contributed by atoms with Crippen LogP contribution in [0, 0.1) is 0 Å². The van der Waals surface area contributed by atoms with Crippen molar-refractivity contribution in [2.45, 2.75) is 19.8 Å². The predicted octanol–water partition coefficient (Wildman–Crippen LogP) is 1.79. The second-order valence-electron chi connectivity index (χ2n) is 4.05. The van der Waals surface area contributed by atoms with E-state index in [1.54, 1.807) is 17.9 Å². The van der Waals surface area contributed by atoms with Crippen LogP contribution in [-0.2, 0) is 7.05 Å². The fourth-order valence-electron chi connectivity index (χ4n) is 1.91. The number of rotatable bonds is 2. The van der Waals surface area contributed by atoms with E-state index < -0.39 is 5.97 Å². The largest absolute Gasteiger partial charge is 0.478 e. The highest BCUT2D eigenvalue weighted by molar-refractivity contribution is 5.95. The summed E-state index contributed by atoms with van der Waals surface area (Å²) in [5, 5.41) is 14.0. The first-order valence-electron chi connectivity index (χ1n) is 5.06. The molecular formula is C11H13N3O2. The Balaban J connectivity index is 2.84. The molecule has 0 spiro atoms. The molecule has 1 N–H and O–H groups in total. The molecule has 5 heteroatoms. The second kappa shape index (κ2) is 3.59. The van der Waals surface area contributed by atoms with Crippen LogP contribution in [0.1, 0.15) is 35.7 Å². The smallest absolute Gasteiger partial charge is 0.337 e. The quantitative estimate of drug-likeness (QED) is 0.836. The minimum atomic E-state index is -0.943. The lowest BCUT2D eigenvalue weighted by molar-refractivity contribution is 0.0695. The van der Waals surface area contributed by atoms with Crippen LogP contribution in [0.5, 0.6) is 0 Å². The standard InChI is InChI=1S/C11H13N3O2/c1-6(2)9-7-5-13-14(3)10(7)12-4-8(9)11(15)16/h4-6H,1-3H3,(H,15,16). The van der Waals surface area contributed by atoms with Gasteiger partial charge in [0.05, 0.1) is 11.8 Å². The average Bonchev–Trinajstić information content (AvgIpc) is 2.58. The molecule has 2 rings (SSSR count). The molecule has 5 nitrogen and oxygen atoms in total. The summed E-state index contributed by atoms with van der Waals surface area (Å²) in [5.74, 6) is -0.817. The molecule has 0 fully saturated rings. The van der Waals surface area contributed by atoms with Gasteiger partial charge < -0.3 is 5.11 Å². The lowest BCUT2D eigenvalue weighted by Crippen LogP contribution is -2.06. The van der Waals surface area contributed by atoms with Crippen molar-refractivity contribution in [2.75, 3.05) is 0 Å². The van der Waals surface area contributed by atoms with E-state index in [1.807, 2.05) is 13.8 Å². The number of pyridine rings is 1. The number of carbonyl (C=O) groups is 1. The third kappa shape index (κ3) is 1.44. The van der Waals surface area contributed by atoms with Gasteiger partial charge in [-0.05, 0) is 11.5 Å². The highest BCUT2D eigenvalue weighted by Crippen LogP contribution is 2.27. The molecule has 0 bridgehead atoms. The summed E-state index contributed by atoms with van der Waals surface area (Å²) in [6, 6.07) is 0. The van der Waals surface area contributed by atoms with Gasteiger partial charge in [0.2, 0.25) is 0 Å². The number of aromatic carboxylic acids is 1. The molecule has 0 aliphatic rings. The Morgan fingerprint density at radius 3 is 2.69 bits per heavy atom. The summed E-state index contributed by atoms with van der Waals surface area (Å²) in [5.41, 5.74) is 1.77. The van der Waals surface area contributed by atoms with E-state index in [2.05, 4.69) is 10.1 Å². The van der Waals surface area contributed by atoms with Gasteiger partial charge in [-0.1, -0.05) is 13.8 Å². The van der Waals surface area contributed by atoms with Crippen molar-refractivity contribution in [1.29, 1.82) is 0 Å². The van der Waals surface area contributed by atoms with E-state index >= 15 is 0 Å². The molecule has 84 valence electrons. The van der Waals surface area contributed by atoms with Gasteiger partial charge in [0, 0.05) is 18.6 Å². The molecule has 2 heterocycles. The molecule has 2 aromatic heterocycles. The van der Waals surface area contributed by atoms with Gasteiger partial charge in [0.1, 0.15) is 0 Å². The first-order chi connectivity index (χ1) is 7.52. The number of carboxylic acid groups (broad SMARTS) is 1. The van der Waals surface area contributed by atoms with Crippen molar-refractivity contribution in [3.05, 3.63) is 23.5 Å². The number of aryl methyl sites for hydroxylation is 1. The zero-order chi connectivity index (χ0) is 11.9. The summed E-state index contributed by atoms with van der Waals surface area (Å²) < 4.78 is 1.65. The maximum atomic E-state index is 11.1. The van der Waals surface area contributed by atoms with Crippen molar-refractivity contribution >= 4 is 17.0 Å². The number of nitrogens with zero attached hydrogens (tertiary/aromatic N) is 3. The monoisotopic (exact) mass is 219 g/mol. The van der Waals surface area contributed by atoms with Gasteiger partial charge in [-0.25, -0.2) is 9.78 Å². The van der Waals surface area contributed by atoms with E-state index in [1.165, 1.54) is 6.20 Å². The van der Waals surface area contributed by atoms with Crippen LogP contribution in [0.15, 0.2) is 12.4 Å². The Morgan fingerprint density at radius 2 is 2.12 bits per heavy atom. The van der Waals surface area contributed by atoms with Crippen LogP contribution in [0.4, 0.5) is 0 Å². The van der Waals surface area contributed by atoms with Crippen LogP contribution in [0.3, 0.4) is 0 Å². The Bertz CT molecular complexity index is 558. The molecule has 0 unspecified atom stereocenters. The van der Waals surface area contributed by atoms with Crippen molar-refractivity contribution in [3.63, 3.8) is 0 Å². The molecular weight excluding hydrogens is 206 g/mol. The van der Waals surface area contributed by atoms with Crippen molar-refractivity contribution < 1.29 is 9.90 Å². The maximum Gasteiger partial charge on any atom is 0.337 e. The topological polar surface area (TPSA) is 68.0 Å². The molecule has 0 atom stereocenters. The molecule has 0 saturated heterocycles. The minimum absolute atomic E-state index is 0.126. The van der Waals surface area contributed by atoms with Crippen LogP contribution >= 0.6 is 0 Å². The van der Waals surface area contributed by atoms with Crippen LogP contribution in [-0.4, -0.2) is 25.8 Å². The summed E-state index contributed by atoms with van der Waals surface area (Å²) in [4.78, 5) is 15.2. The van der Waals surface area contributed by atoms with Gasteiger partial charge in [0.25, 0.3) is 0 Å².